The molecule has 0 saturated carbocycles. The van der Waals surface area contributed by atoms with Gasteiger partial charge in [-0.2, -0.15) is 8.42 Å². The molecule has 0 radical (unpaired) electrons. The molecule has 0 aliphatic carbocycles. The summed E-state index contributed by atoms with van der Waals surface area (Å²) in [4.78, 5) is 13.0. The van der Waals surface area contributed by atoms with Crippen molar-refractivity contribution < 1.29 is 57.0 Å². The predicted molar refractivity (Wildman–Crippen MR) is 215 cm³/mol. The molecule has 1 fully saturated rings. The van der Waals surface area contributed by atoms with E-state index in [-0.39, 0.29) is 6.42 Å². The van der Waals surface area contributed by atoms with Crippen molar-refractivity contribution in [3.8, 4) is 0 Å². The van der Waals surface area contributed by atoms with Crippen LogP contribution in [-0.4, -0.2) is 107 Å². The summed E-state index contributed by atoms with van der Waals surface area (Å²) in [5, 5.41) is 54.9. The second kappa shape index (κ2) is 32.7. The van der Waals surface area contributed by atoms with E-state index in [0.29, 0.717) is 12.8 Å². The molecule has 1 heterocycles. The van der Waals surface area contributed by atoms with E-state index in [9.17, 15) is 38.7 Å². The summed E-state index contributed by atoms with van der Waals surface area (Å²) in [7, 11) is -5.11. The second-order valence-electron chi connectivity index (χ2n) is 15.4. The average molecular weight is 810 g/mol. The molecular formula is C41H79NO12S. The molecule has 0 aromatic carbocycles. The van der Waals surface area contributed by atoms with Crippen molar-refractivity contribution in [1.29, 1.82) is 0 Å². The van der Waals surface area contributed by atoms with E-state index in [2.05, 4.69) is 23.3 Å². The molecule has 1 rings (SSSR count). The van der Waals surface area contributed by atoms with Crippen molar-refractivity contribution in [3.05, 3.63) is 12.2 Å². The van der Waals surface area contributed by atoms with Crippen LogP contribution in [0.2, 0.25) is 0 Å². The highest BCUT2D eigenvalue weighted by molar-refractivity contribution is 7.80. The van der Waals surface area contributed by atoms with E-state index in [4.69, 9.17) is 14.0 Å². The Kier molecular flexibility index (Phi) is 30.8. The Labute approximate surface area is 333 Å². The first-order valence-corrected chi connectivity index (χ1v) is 23.0. The zero-order valence-electron chi connectivity index (χ0n) is 34.1. The number of allylic oxidation sites excluding steroid dienone is 1. The monoisotopic (exact) mass is 810 g/mol. The lowest BCUT2D eigenvalue weighted by Gasteiger charge is -2.41. The van der Waals surface area contributed by atoms with Crippen molar-refractivity contribution in [1.82, 2.24) is 5.32 Å². The number of rotatable bonds is 36. The number of amides is 1. The molecule has 0 bridgehead atoms. The third-order valence-electron chi connectivity index (χ3n) is 10.4. The topological polar surface area (TPSA) is 212 Å². The maximum absolute atomic E-state index is 13.0. The van der Waals surface area contributed by atoms with Gasteiger partial charge < -0.3 is 40.3 Å². The summed E-state index contributed by atoms with van der Waals surface area (Å²) in [6, 6.07) is -1.11. The Morgan fingerprint density at radius 2 is 1.18 bits per heavy atom. The molecule has 13 nitrogen and oxygen atoms in total. The van der Waals surface area contributed by atoms with Crippen LogP contribution in [-0.2, 0) is 28.9 Å². The predicted octanol–water partition coefficient (Wildman–Crippen LogP) is 6.58. The molecule has 0 spiro atoms. The molecule has 8 unspecified atom stereocenters. The van der Waals surface area contributed by atoms with Gasteiger partial charge in [-0.15, -0.1) is 0 Å². The molecule has 0 aromatic heterocycles. The molecule has 55 heavy (non-hydrogen) atoms. The Hall–Kier alpha value is -1.20. The third-order valence-corrected chi connectivity index (χ3v) is 10.9. The standard InChI is InChI=1S/C41H79NO12S/c1-3-5-7-9-11-13-14-15-16-17-18-19-20-21-22-24-25-27-29-34(44)33(42-40(48)35(45)30-28-26-23-12-10-8-6-4-2)32-52-41-38(47)39(54-55(49,50)51)37(46)36(31-43)53-41/h27,29,33-39,41,43-47H,3-26,28,30-32H2,1-2H3,(H,42,48)(H,49,50,51)/b29-27+. The fourth-order valence-electron chi connectivity index (χ4n) is 6.93. The van der Waals surface area contributed by atoms with Gasteiger partial charge in [-0.1, -0.05) is 174 Å². The van der Waals surface area contributed by atoms with E-state index < -0.39 is 78.5 Å². The van der Waals surface area contributed by atoms with E-state index in [0.717, 1.165) is 38.5 Å². The number of ether oxygens (including phenoxy) is 2. The Bertz CT molecular complexity index is 1060. The van der Waals surface area contributed by atoms with Crippen LogP contribution in [0.5, 0.6) is 0 Å². The van der Waals surface area contributed by atoms with Gasteiger partial charge in [-0.05, 0) is 19.3 Å². The highest BCUT2D eigenvalue weighted by atomic mass is 32.3. The lowest BCUT2D eigenvalue weighted by Crippen LogP contribution is -2.61. The molecule has 1 aliphatic heterocycles. The molecule has 1 saturated heterocycles. The number of aliphatic hydroxyl groups is 5. The second-order valence-corrected chi connectivity index (χ2v) is 16.5. The molecule has 0 aromatic rings. The summed E-state index contributed by atoms with van der Waals surface area (Å²) < 4.78 is 47.3. The van der Waals surface area contributed by atoms with Gasteiger partial charge in [-0.3, -0.25) is 9.35 Å². The van der Waals surface area contributed by atoms with Crippen LogP contribution in [0, 0.1) is 0 Å². The first-order valence-electron chi connectivity index (χ1n) is 21.7. The third kappa shape index (κ3) is 25.7. The van der Waals surface area contributed by atoms with Crippen molar-refractivity contribution in [3.63, 3.8) is 0 Å². The Morgan fingerprint density at radius 1 is 0.727 bits per heavy atom. The first kappa shape index (κ1) is 51.8. The zero-order valence-corrected chi connectivity index (χ0v) is 34.9. The quantitative estimate of drug-likeness (QED) is 0.0203. The number of carbonyl (C=O) groups excluding carboxylic acids is 1. The largest absolute Gasteiger partial charge is 0.397 e. The highest BCUT2D eigenvalue weighted by Crippen LogP contribution is 2.26. The molecule has 1 aliphatic rings. The van der Waals surface area contributed by atoms with Crippen LogP contribution in [0.25, 0.3) is 0 Å². The van der Waals surface area contributed by atoms with Gasteiger partial charge in [0.05, 0.1) is 25.4 Å². The van der Waals surface area contributed by atoms with Crippen LogP contribution in [0.1, 0.15) is 181 Å². The zero-order chi connectivity index (χ0) is 40.7. The number of nitrogens with one attached hydrogen (secondary N) is 1. The molecule has 1 amide bonds. The number of carbonyl (C=O) groups is 1. The minimum Gasteiger partial charge on any atom is -0.394 e. The van der Waals surface area contributed by atoms with Crippen molar-refractivity contribution in [2.24, 2.45) is 0 Å². The van der Waals surface area contributed by atoms with E-state index >= 15 is 0 Å². The summed E-state index contributed by atoms with van der Waals surface area (Å²) in [6.07, 6.45) is 21.8. The summed E-state index contributed by atoms with van der Waals surface area (Å²) in [5.74, 6) is -0.705. The van der Waals surface area contributed by atoms with Gasteiger partial charge in [0.2, 0.25) is 5.91 Å². The molecular weight excluding hydrogens is 731 g/mol. The van der Waals surface area contributed by atoms with Gasteiger partial charge in [0.1, 0.15) is 30.5 Å². The van der Waals surface area contributed by atoms with Gasteiger partial charge in [0.25, 0.3) is 0 Å². The van der Waals surface area contributed by atoms with Crippen molar-refractivity contribution >= 4 is 16.3 Å². The van der Waals surface area contributed by atoms with Gasteiger partial charge in [-0.25, -0.2) is 4.18 Å². The lowest BCUT2D eigenvalue weighted by atomic mass is 9.99. The van der Waals surface area contributed by atoms with Gasteiger partial charge in [0, 0.05) is 0 Å². The Balaban J connectivity index is 2.59. The minimum atomic E-state index is -5.11. The molecule has 8 atom stereocenters. The summed E-state index contributed by atoms with van der Waals surface area (Å²) in [6.45, 7) is 3.16. The number of hydrogen-bond donors (Lipinski definition) is 7. The van der Waals surface area contributed by atoms with Crippen LogP contribution < -0.4 is 5.32 Å². The number of unbranched alkanes of at least 4 members (excludes halogenated alkanes) is 23. The van der Waals surface area contributed by atoms with Crippen LogP contribution in [0.15, 0.2) is 12.2 Å². The smallest absolute Gasteiger partial charge is 0.394 e. The van der Waals surface area contributed by atoms with Gasteiger partial charge >= 0.3 is 10.4 Å². The van der Waals surface area contributed by atoms with Crippen LogP contribution >= 0.6 is 0 Å². The average Bonchev–Trinajstić information content (AvgIpc) is 3.15. The maximum Gasteiger partial charge on any atom is 0.397 e. The van der Waals surface area contributed by atoms with E-state index in [1.165, 1.54) is 115 Å². The van der Waals surface area contributed by atoms with E-state index in [1.807, 2.05) is 6.08 Å². The van der Waals surface area contributed by atoms with Crippen LogP contribution in [0.4, 0.5) is 0 Å². The van der Waals surface area contributed by atoms with Gasteiger partial charge in [0.15, 0.2) is 6.29 Å². The highest BCUT2D eigenvalue weighted by Gasteiger charge is 2.48. The summed E-state index contributed by atoms with van der Waals surface area (Å²) >= 11 is 0. The normalized spacial score (nSPS) is 22.2. The summed E-state index contributed by atoms with van der Waals surface area (Å²) in [5.41, 5.74) is 0. The Morgan fingerprint density at radius 3 is 1.64 bits per heavy atom. The van der Waals surface area contributed by atoms with E-state index in [1.54, 1.807) is 0 Å². The molecule has 14 heteroatoms. The van der Waals surface area contributed by atoms with Crippen molar-refractivity contribution in [2.75, 3.05) is 13.2 Å². The first-order chi connectivity index (χ1) is 26.4. The fourth-order valence-corrected chi connectivity index (χ4v) is 7.44. The van der Waals surface area contributed by atoms with Crippen molar-refractivity contribution in [2.45, 2.75) is 230 Å². The minimum absolute atomic E-state index is 0.245. The van der Waals surface area contributed by atoms with Crippen LogP contribution in [0.3, 0.4) is 0 Å². The lowest BCUT2D eigenvalue weighted by molar-refractivity contribution is -0.298. The molecule has 326 valence electrons. The number of aliphatic hydroxyl groups excluding tert-OH is 5. The number of hydrogen-bond acceptors (Lipinski definition) is 11. The molecule has 7 N–H and O–H groups in total. The maximum atomic E-state index is 13.0. The SMILES string of the molecule is CCCCCCCCCCCCCCCCCC/C=C/C(O)C(COC1OC(CO)C(O)C(OS(=O)(=O)O)C1O)NC(=O)C(O)CCCCCCCCCC. The fraction of sp³-hybridized carbons (Fsp3) is 0.927.